The van der Waals surface area contributed by atoms with Gasteiger partial charge in [0.15, 0.2) is 5.50 Å². The molecule has 0 saturated carbocycles. The highest BCUT2D eigenvalue weighted by Crippen LogP contribution is 2.32. The standard InChI is InChI=1S/C20H14FN3O4S/c21-15-3-1-2-4-16(15)22-20-23-19(25)18(29-20)11-14-9-10-17(28-14)12-5-7-13(8-6-12)24(26)27/h1-11,20,22H,(H,23,25)/b18-11-. The summed E-state index contributed by atoms with van der Waals surface area (Å²) in [5.74, 6) is 0.286. The number of benzene rings is 2. The van der Waals surface area contributed by atoms with Gasteiger partial charge in [-0.1, -0.05) is 23.9 Å². The number of furan rings is 1. The highest BCUT2D eigenvalue weighted by Gasteiger charge is 2.28. The van der Waals surface area contributed by atoms with E-state index in [9.17, 15) is 19.3 Å². The average molecular weight is 411 g/mol. The van der Waals surface area contributed by atoms with Gasteiger partial charge in [0.1, 0.15) is 17.3 Å². The smallest absolute Gasteiger partial charge is 0.269 e. The minimum Gasteiger partial charge on any atom is -0.457 e. The monoisotopic (exact) mass is 411 g/mol. The average Bonchev–Trinajstić information content (AvgIpc) is 3.31. The van der Waals surface area contributed by atoms with Gasteiger partial charge in [0, 0.05) is 23.8 Å². The fraction of sp³-hybridized carbons (Fsp3) is 0.0500. The number of nitrogens with zero attached hydrogens (tertiary/aromatic N) is 1. The quantitative estimate of drug-likeness (QED) is 0.362. The summed E-state index contributed by atoms with van der Waals surface area (Å²) < 4.78 is 19.5. The van der Waals surface area contributed by atoms with Crippen molar-refractivity contribution in [2.75, 3.05) is 5.32 Å². The van der Waals surface area contributed by atoms with Crippen LogP contribution in [-0.2, 0) is 4.79 Å². The molecule has 0 spiro atoms. The summed E-state index contributed by atoms with van der Waals surface area (Å²) in [6.45, 7) is 0. The van der Waals surface area contributed by atoms with Gasteiger partial charge in [-0.05, 0) is 36.4 Å². The largest absolute Gasteiger partial charge is 0.457 e. The maximum absolute atomic E-state index is 13.8. The van der Waals surface area contributed by atoms with E-state index in [2.05, 4.69) is 10.6 Å². The van der Waals surface area contributed by atoms with E-state index >= 15 is 0 Å². The van der Waals surface area contributed by atoms with Crippen LogP contribution in [-0.4, -0.2) is 16.3 Å². The van der Waals surface area contributed by atoms with Crippen LogP contribution >= 0.6 is 11.8 Å². The number of hydrogen-bond acceptors (Lipinski definition) is 6. The summed E-state index contributed by atoms with van der Waals surface area (Å²) in [5.41, 5.74) is 0.470. The Hall–Kier alpha value is -3.59. The van der Waals surface area contributed by atoms with Gasteiger partial charge in [-0.25, -0.2) is 4.39 Å². The second-order valence-corrected chi connectivity index (χ2v) is 7.26. The molecule has 1 aliphatic heterocycles. The minimum atomic E-state index is -0.505. The van der Waals surface area contributed by atoms with Crippen molar-refractivity contribution < 1.29 is 18.5 Å². The first-order valence-electron chi connectivity index (χ1n) is 8.54. The lowest BCUT2D eigenvalue weighted by Gasteiger charge is -2.12. The molecule has 0 aliphatic carbocycles. The van der Waals surface area contributed by atoms with Gasteiger partial charge >= 0.3 is 0 Å². The zero-order valence-corrected chi connectivity index (χ0v) is 15.6. The number of hydrogen-bond donors (Lipinski definition) is 2. The van der Waals surface area contributed by atoms with E-state index < -0.39 is 16.2 Å². The molecule has 1 fully saturated rings. The molecule has 1 amide bonds. The molecule has 7 nitrogen and oxygen atoms in total. The Balaban J connectivity index is 1.48. The molecule has 0 radical (unpaired) electrons. The number of halogens is 1. The fourth-order valence-electron chi connectivity index (χ4n) is 2.75. The normalized spacial score (nSPS) is 17.3. The molecule has 1 unspecified atom stereocenters. The molecule has 29 heavy (non-hydrogen) atoms. The molecular formula is C20H14FN3O4S. The topological polar surface area (TPSA) is 97.4 Å². The van der Waals surface area contributed by atoms with Gasteiger partial charge in [-0.3, -0.25) is 14.9 Å². The predicted octanol–water partition coefficient (Wildman–Crippen LogP) is 4.59. The highest BCUT2D eigenvalue weighted by atomic mass is 32.2. The molecule has 146 valence electrons. The van der Waals surface area contributed by atoms with Crippen molar-refractivity contribution >= 4 is 35.1 Å². The van der Waals surface area contributed by atoms with E-state index in [0.29, 0.717) is 27.7 Å². The number of carbonyl (C=O) groups is 1. The number of rotatable bonds is 5. The second-order valence-electron chi connectivity index (χ2n) is 6.11. The van der Waals surface area contributed by atoms with Crippen LogP contribution in [0.5, 0.6) is 0 Å². The Morgan fingerprint density at radius 2 is 1.90 bits per heavy atom. The Kier molecular flexibility index (Phi) is 5.05. The molecule has 2 aromatic carbocycles. The molecule has 1 saturated heterocycles. The molecule has 4 rings (SSSR count). The van der Waals surface area contributed by atoms with Crippen LogP contribution in [0.4, 0.5) is 15.8 Å². The number of nitrogens with one attached hydrogen (secondary N) is 2. The SMILES string of the molecule is O=C1NC(Nc2ccccc2F)S/C1=C\c1ccc(-c2ccc([N+](=O)[O-])cc2)o1. The van der Waals surface area contributed by atoms with E-state index in [1.165, 1.54) is 30.0 Å². The van der Waals surface area contributed by atoms with Crippen molar-refractivity contribution in [3.8, 4) is 11.3 Å². The summed E-state index contributed by atoms with van der Waals surface area (Å²) >= 11 is 1.22. The Morgan fingerprint density at radius 3 is 2.62 bits per heavy atom. The number of para-hydroxylation sites is 1. The predicted molar refractivity (Wildman–Crippen MR) is 108 cm³/mol. The summed E-state index contributed by atoms with van der Waals surface area (Å²) in [7, 11) is 0. The van der Waals surface area contributed by atoms with Crippen molar-refractivity contribution in [1.82, 2.24) is 5.32 Å². The number of nitro benzene ring substituents is 1. The molecule has 2 heterocycles. The molecule has 1 aromatic heterocycles. The van der Waals surface area contributed by atoms with Crippen LogP contribution in [0.25, 0.3) is 17.4 Å². The molecule has 0 bridgehead atoms. The number of non-ortho nitro benzene ring substituents is 1. The van der Waals surface area contributed by atoms with E-state index in [1.54, 1.807) is 48.5 Å². The highest BCUT2D eigenvalue weighted by molar-refractivity contribution is 8.05. The maximum atomic E-state index is 13.8. The zero-order chi connectivity index (χ0) is 20.4. The third-order valence-corrected chi connectivity index (χ3v) is 5.18. The molecular weight excluding hydrogens is 397 g/mol. The first-order valence-corrected chi connectivity index (χ1v) is 9.42. The molecule has 9 heteroatoms. The van der Waals surface area contributed by atoms with Crippen LogP contribution < -0.4 is 10.6 Å². The van der Waals surface area contributed by atoms with Crippen LogP contribution in [0.3, 0.4) is 0 Å². The minimum absolute atomic E-state index is 0.00457. The lowest BCUT2D eigenvalue weighted by molar-refractivity contribution is -0.384. The van der Waals surface area contributed by atoms with Crippen molar-refractivity contribution in [2.45, 2.75) is 5.50 Å². The van der Waals surface area contributed by atoms with E-state index in [4.69, 9.17) is 4.42 Å². The van der Waals surface area contributed by atoms with Crippen LogP contribution in [0, 0.1) is 15.9 Å². The maximum Gasteiger partial charge on any atom is 0.269 e. The number of carbonyl (C=O) groups excluding carboxylic acids is 1. The van der Waals surface area contributed by atoms with Gasteiger partial charge in [0.05, 0.1) is 15.5 Å². The van der Waals surface area contributed by atoms with E-state index in [1.807, 2.05) is 0 Å². The summed E-state index contributed by atoms with van der Waals surface area (Å²) in [5, 5.41) is 16.4. The van der Waals surface area contributed by atoms with Gasteiger partial charge < -0.3 is 15.1 Å². The van der Waals surface area contributed by atoms with Gasteiger partial charge in [0.25, 0.3) is 11.6 Å². The van der Waals surface area contributed by atoms with E-state index in [0.717, 1.165) is 0 Å². The second kappa shape index (κ2) is 7.80. The number of amides is 1. The van der Waals surface area contributed by atoms with Crippen LogP contribution in [0.1, 0.15) is 5.76 Å². The van der Waals surface area contributed by atoms with Crippen molar-refractivity contribution in [3.63, 3.8) is 0 Å². The number of nitro groups is 1. The van der Waals surface area contributed by atoms with E-state index in [-0.39, 0.29) is 11.6 Å². The first-order chi connectivity index (χ1) is 14.0. The van der Waals surface area contributed by atoms with Crippen molar-refractivity contribution in [3.05, 3.63) is 87.3 Å². The van der Waals surface area contributed by atoms with Crippen molar-refractivity contribution in [1.29, 1.82) is 0 Å². The third-order valence-electron chi connectivity index (χ3n) is 4.15. The lowest BCUT2D eigenvalue weighted by Crippen LogP contribution is -2.31. The summed E-state index contributed by atoms with van der Waals surface area (Å²) in [6.07, 6.45) is 1.60. The van der Waals surface area contributed by atoms with Gasteiger partial charge in [-0.15, -0.1) is 0 Å². The summed E-state index contributed by atoms with van der Waals surface area (Å²) in [6, 6.07) is 15.6. The van der Waals surface area contributed by atoms with Gasteiger partial charge in [-0.2, -0.15) is 0 Å². The molecule has 1 aliphatic rings. The first kappa shape index (κ1) is 18.8. The van der Waals surface area contributed by atoms with Crippen LogP contribution in [0.15, 0.2) is 70.0 Å². The molecule has 3 aromatic rings. The number of thioether (sulfide) groups is 1. The third kappa shape index (κ3) is 4.14. The Labute approximate surface area is 168 Å². The Morgan fingerprint density at radius 1 is 1.14 bits per heavy atom. The Bertz CT molecular complexity index is 1110. The zero-order valence-electron chi connectivity index (χ0n) is 14.8. The summed E-state index contributed by atoms with van der Waals surface area (Å²) in [4.78, 5) is 22.9. The fourth-order valence-corrected chi connectivity index (χ4v) is 3.70. The lowest BCUT2D eigenvalue weighted by atomic mass is 10.1. The van der Waals surface area contributed by atoms with Crippen molar-refractivity contribution in [2.24, 2.45) is 0 Å². The molecule has 2 N–H and O–H groups in total. The number of anilines is 1. The van der Waals surface area contributed by atoms with Gasteiger partial charge in [0.2, 0.25) is 0 Å². The van der Waals surface area contributed by atoms with Crippen LogP contribution in [0.2, 0.25) is 0 Å². The molecule has 1 atom stereocenters.